The van der Waals surface area contributed by atoms with Crippen LogP contribution >= 0.6 is 12.4 Å². The number of carbonyl (C=O) groups excluding carboxylic acids is 3. The molecular weight excluding hydrogens is 392 g/mol. The van der Waals surface area contributed by atoms with Crippen LogP contribution in [0.25, 0.3) is 0 Å². The van der Waals surface area contributed by atoms with Crippen molar-refractivity contribution in [3.63, 3.8) is 0 Å². The number of aryl methyl sites for hydroxylation is 1. The van der Waals surface area contributed by atoms with Crippen molar-refractivity contribution in [1.82, 2.24) is 20.4 Å². The highest BCUT2D eigenvalue weighted by molar-refractivity contribution is 6.09. The highest BCUT2D eigenvalue weighted by Crippen LogP contribution is 2.41. The number of fused-ring (bicyclic) bond motifs is 2. The minimum absolute atomic E-state index is 0. The molecule has 1 aromatic rings. The van der Waals surface area contributed by atoms with E-state index in [0.29, 0.717) is 25.4 Å². The maximum absolute atomic E-state index is 13.2. The third kappa shape index (κ3) is 3.85. The van der Waals surface area contributed by atoms with Gasteiger partial charge in [-0.05, 0) is 62.7 Å². The quantitative estimate of drug-likeness (QED) is 0.709. The molecule has 7 nitrogen and oxygen atoms in total. The number of nitrogens with zero attached hydrogens (tertiary/aromatic N) is 2. The Morgan fingerprint density at radius 3 is 2.69 bits per heavy atom. The second-order valence-corrected chi connectivity index (χ2v) is 8.10. The van der Waals surface area contributed by atoms with E-state index in [9.17, 15) is 14.4 Å². The Morgan fingerprint density at radius 1 is 1.24 bits per heavy atom. The van der Waals surface area contributed by atoms with Crippen molar-refractivity contribution < 1.29 is 14.4 Å². The summed E-state index contributed by atoms with van der Waals surface area (Å²) in [4.78, 5) is 41.4. The van der Waals surface area contributed by atoms with Crippen molar-refractivity contribution in [2.45, 2.75) is 37.6 Å². The van der Waals surface area contributed by atoms with Gasteiger partial charge in [0.2, 0.25) is 5.91 Å². The smallest absolute Gasteiger partial charge is 0.325 e. The van der Waals surface area contributed by atoms with Crippen LogP contribution in [-0.4, -0.2) is 60.9 Å². The largest absolute Gasteiger partial charge is 0.341 e. The lowest BCUT2D eigenvalue weighted by Crippen LogP contribution is -2.47. The van der Waals surface area contributed by atoms with E-state index >= 15 is 0 Å². The van der Waals surface area contributed by atoms with Crippen LogP contribution in [-0.2, 0) is 21.5 Å². The van der Waals surface area contributed by atoms with E-state index in [2.05, 4.69) is 10.6 Å². The molecule has 2 N–H and O–H groups in total. The first kappa shape index (κ1) is 21.6. The summed E-state index contributed by atoms with van der Waals surface area (Å²) < 4.78 is 0. The van der Waals surface area contributed by atoms with Gasteiger partial charge >= 0.3 is 6.03 Å². The monoisotopic (exact) mass is 420 g/mol. The summed E-state index contributed by atoms with van der Waals surface area (Å²) in [5, 5.41) is 6.05. The van der Waals surface area contributed by atoms with Crippen LogP contribution < -0.4 is 10.6 Å². The fourth-order valence-corrected chi connectivity index (χ4v) is 4.79. The van der Waals surface area contributed by atoms with Crippen molar-refractivity contribution in [3.8, 4) is 0 Å². The third-order valence-corrected chi connectivity index (χ3v) is 6.49. The van der Waals surface area contributed by atoms with E-state index in [4.69, 9.17) is 0 Å². The first-order valence-corrected chi connectivity index (χ1v) is 10.2. The molecule has 2 aliphatic heterocycles. The molecule has 4 rings (SSSR count). The fourth-order valence-electron chi connectivity index (χ4n) is 4.79. The van der Waals surface area contributed by atoms with Gasteiger partial charge in [0.15, 0.2) is 0 Å². The highest BCUT2D eigenvalue weighted by Gasteiger charge is 2.55. The first-order chi connectivity index (χ1) is 13.5. The Hall–Kier alpha value is -2.12. The highest BCUT2D eigenvalue weighted by atomic mass is 35.5. The molecule has 1 unspecified atom stereocenters. The number of carbonyl (C=O) groups is 3. The van der Waals surface area contributed by atoms with Crippen LogP contribution in [0.15, 0.2) is 24.3 Å². The van der Waals surface area contributed by atoms with Crippen LogP contribution in [0.5, 0.6) is 0 Å². The van der Waals surface area contributed by atoms with Crippen LogP contribution in [0, 0.1) is 5.92 Å². The lowest BCUT2D eigenvalue weighted by molar-refractivity contribution is -0.140. The summed E-state index contributed by atoms with van der Waals surface area (Å²) in [6.07, 6.45) is 4.38. The zero-order chi connectivity index (χ0) is 19.7. The van der Waals surface area contributed by atoms with Gasteiger partial charge in [-0.1, -0.05) is 24.3 Å². The minimum Gasteiger partial charge on any atom is -0.341 e. The number of piperidine rings is 1. The van der Waals surface area contributed by atoms with E-state index in [1.165, 1.54) is 0 Å². The standard InChI is InChI=1S/C21H28N4O3.ClH/c1-22-11-7-15-8-12-24(13-9-15)18(26)14-25-19(27)21(23-20(25)28)10-6-16-4-2-3-5-17(16)21;/h2-5,15,22H,6-14H2,1H3,(H,23,28);1H. The van der Waals surface area contributed by atoms with Crippen molar-refractivity contribution in [2.24, 2.45) is 5.92 Å². The molecule has 1 aromatic carbocycles. The van der Waals surface area contributed by atoms with Gasteiger partial charge in [0, 0.05) is 13.1 Å². The van der Waals surface area contributed by atoms with Crippen LogP contribution in [0.4, 0.5) is 4.79 Å². The van der Waals surface area contributed by atoms with Crippen molar-refractivity contribution in [1.29, 1.82) is 0 Å². The predicted octanol–water partition coefficient (Wildman–Crippen LogP) is 1.65. The molecule has 3 aliphatic rings. The number of imide groups is 1. The van der Waals surface area contributed by atoms with Gasteiger partial charge in [0.25, 0.3) is 5.91 Å². The first-order valence-electron chi connectivity index (χ1n) is 10.2. The topological polar surface area (TPSA) is 81.8 Å². The number of hydrogen-bond acceptors (Lipinski definition) is 4. The van der Waals surface area contributed by atoms with Gasteiger partial charge in [-0.3, -0.25) is 14.5 Å². The number of halogens is 1. The van der Waals surface area contributed by atoms with E-state index in [-0.39, 0.29) is 30.8 Å². The Labute approximate surface area is 177 Å². The van der Waals surface area contributed by atoms with Crippen molar-refractivity contribution in [2.75, 3.05) is 33.2 Å². The van der Waals surface area contributed by atoms with Gasteiger partial charge in [-0.15, -0.1) is 12.4 Å². The molecule has 2 fully saturated rings. The average molecular weight is 421 g/mol. The summed E-state index contributed by atoms with van der Waals surface area (Å²) in [6.45, 7) is 2.22. The summed E-state index contributed by atoms with van der Waals surface area (Å²) >= 11 is 0. The normalized spacial score (nSPS) is 23.9. The summed E-state index contributed by atoms with van der Waals surface area (Å²) in [5.41, 5.74) is 0.968. The third-order valence-electron chi connectivity index (χ3n) is 6.49. The Bertz CT molecular complexity index is 794. The summed E-state index contributed by atoms with van der Waals surface area (Å²) in [7, 11) is 1.95. The van der Waals surface area contributed by atoms with E-state index in [1.807, 2.05) is 31.3 Å². The molecule has 1 spiro atoms. The Kier molecular flexibility index (Phi) is 6.49. The maximum Gasteiger partial charge on any atom is 0.325 e. The zero-order valence-corrected chi connectivity index (χ0v) is 17.6. The lowest BCUT2D eigenvalue weighted by atomic mass is 9.92. The average Bonchev–Trinajstić information content (AvgIpc) is 3.20. The molecule has 8 heteroatoms. The molecule has 0 aromatic heterocycles. The molecule has 158 valence electrons. The van der Waals surface area contributed by atoms with Crippen LogP contribution in [0.1, 0.15) is 36.8 Å². The molecule has 29 heavy (non-hydrogen) atoms. The number of rotatable bonds is 5. The van der Waals surface area contributed by atoms with E-state index < -0.39 is 11.6 Å². The minimum atomic E-state index is -0.992. The van der Waals surface area contributed by atoms with E-state index in [1.54, 1.807) is 4.90 Å². The predicted molar refractivity (Wildman–Crippen MR) is 112 cm³/mol. The summed E-state index contributed by atoms with van der Waals surface area (Å²) in [5.74, 6) is 0.199. The molecule has 2 saturated heterocycles. The Balaban J connectivity index is 0.00000240. The van der Waals surface area contributed by atoms with Crippen molar-refractivity contribution >= 4 is 30.3 Å². The molecular formula is C21H29ClN4O3. The Morgan fingerprint density at radius 2 is 1.97 bits per heavy atom. The van der Waals surface area contributed by atoms with Gasteiger partial charge in [0.1, 0.15) is 12.1 Å². The number of urea groups is 1. The van der Waals surface area contributed by atoms with Crippen LogP contribution in [0.2, 0.25) is 0 Å². The number of hydrogen-bond donors (Lipinski definition) is 2. The van der Waals surface area contributed by atoms with Crippen molar-refractivity contribution in [3.05, 3.63) is 35.4 Å². The van der Waals surface area contributed by atoms with Crippen LogP contribution in [0.3, 0.4) is 0 Å². The number of nitrogens with one attached hydrogen (secondary N) is 2. The molecule has 0 saturated carbocycles. The van der Waals surface area contributed by atoms with Gasteiger partial charge in [0.05, 0.1) is 0 Å². The molecule has 1 atom stereocenters. The lowest BCUT2D eigenvalue weighted by Gasteiger charge is -2.32. The maximum atomic E-state index is 13.2. The van der Waals surface area contributed by atoms with Gasteiger partial charge in [-0.2, -0.15) is 0 Å². The molecule has 2 heterocycles. The second kappa shape index (κ2) is 8.71. The second-order valence-electron chi connectivity index (χ2n) is 8.10. The van der Waals surface area contributed by atoms with Gasteiger partial charge < -0.3 is 15.5 Å². The number of likely N-dealkylation sites (tertiary alicyclic amines) is 1. The number of benzene rings is 1. The SMILES string of the molecule is CNCCC1CCN(C(=O)CN2C(=O)NC3(CCc4ccccc43)C2=O)CC1.Cl. The van der Waals surface area contributed by atoms with Gasteiger partial charge in [-0.25, -0.2) is 4.79 Å². The summed E-state index contributed by atoms with van der Waals surface area (Å²) in [6, 6.07) is 7.27. The molecule has 1 aliphatic carbocycles. The molecule has 4 amide bonds. The fraction of sp³-hybridized carbons (Fsp3) is 0.571. The molecule has 0 bridgehead atoms. The zero-order valence-electron chi connectivity index (χ0n) is 16.8. The van der Waals surface area contributed by atoms with E-state index in [0.717, 1.165) is 48.3 Å². The molecule has 0 radical (unpaired) electrons. The number of amides is 4.